The van der Waals surface area contributed by atoms with E-state index in [0.717, 1.165) is 22.9 Å². The van der Waals surface area contributed by atoms with Crippen molar-refractivity contribution in [3.05, 3.63) is 93.2 Å². The number of rotatable bonds is 6. The van der Waals surface area contributed by atoms with E-state index in [1.807, 2.05) is 49.4 Å². The summed E-state index contributed by atoms with van der Waals surface area (Å²) >= 11 is 7.16. The highest BCUT2D eigenvalue weighted by molar-refractivity contribution is 7.99. The van der Waals surface area contributed by atoms with Crippen molar-refractivity contribution < 1.29 is 9.90 Å². The van der Waals surface area contributed by atoms with Crippen molar-refractivity contribution in [2.24, 2.45) is 10.2 Å². The number of hydrogen-bond donors (Lipinski definition) is 2. The summed E-state index contributed by atoms with van der Waals surface area (Å²) in [6, 6.07) is 20.1. The zero-order valence-electron chi connectivity index (χ0n) is 19.1. The number of hydrogen-bond acceptors (Lipinski definition) is 6. The predicted molar refractivity (Wildman–Crippen MR) is 142 cm³/mol. The molecule has 36 heavy (non-hydrogen) atoms. The number of aromatic nitrogens is 3. The number of H-pyrrole nitrogens is 1. The zero-order chi connectivity index (χ0) is 25.2. The highest BCUT2D eigenvalue weighted by atomic mass is 35.5. The van der Waals surface area contributed by atoms with Crippen LogP contribution in [0.3, 0.4) is 0 Å². The van der Waals surface area contributed by atoms with Gasteiger partial charge in [0.1, 0.15) is 0 Å². The summed E-state index contributed by atoms with van der Waals surface area (Å²) in [7, 11) is 0. The van der Waals surface area contributed by atoms with Crippen LogP contribution in [0.2, 0.25) is 5.02 Å². The topological polar surface area (TPSA) is 113 Å². The Morgan fingerprint density at radius 1 is 1.11 bits per heavy atom. The van der Waals surface area contributed by atoms with Crippen LogP contribution < -0.4 is 5.56 Å². The number of carbonyl (C=O) groups is 1. The van der Waals surface area contributed by atoms with Crippen LogP contribution in [0.15, 0.2) is 86.9 Å². The smallest absolute Gasteiger partial charge is 0.275 e. The van der Waals surface area contributed by atoms with Gasteiger partial charge in [-0.2, -0.15) is 0 Å². The van der Waals surface area contributed by atoms with Gasteiger partial charge in [-0.05, 0) is 42.8 Å². The quantitative estimate of drug-likeness (QED) is 0.163. The monoisotopic (exact) mass is 517 g/mol. The molecule has 0 atom stereocenters. The normalized spacial score (nSPS) is 11.6. The number of fused-ring (bicyclic) bond motifs is 2. The number of aromatic hydroxyl groups is 1. The first-order valence-electron chi connectivity index (χ1n) is 11.0. The van der Waals surface area contributed by atoms with Crippen LogP contribution in [0.5, 0.6) is 5.88 Å². The summed E-state index contributed by atoms with van der Waals surface area (Å²) in [6.45, 7) is 2.24. The lowest BCUT2D eigenvalue weighted by atomic mass is 10.1. The van der Waals surface area contributed by atoms with Gasteiger partial charge in [-0.15, -0.1) is 10.2 Å². The molecule has 180 valence electrons. The summed E-state index contributed by atoms with van der Waals surface area (Å²) in [4.78, 5) is 33.4. The first-order valence-corrected chi connectivity index (χ1v) is 12.4. The predicted octanol–water partition coefficient (Wildman–Crippen LogP) is 6.00. The van der Waals surface area contributed by atoms with E-state index in [4.69, 9.17) is 11.6 Å². The molecule has 1 amide bonds. The summed E-state index contributed by atoms with van der Waals surface area (Å²) in [5.74, 6) is -0.841. The van der Waals surface area contributed by atoms with E-state index in [2.05, 4.69) is 20.2 Å². The Morgan fingerprint density at radius 3 is 2.72 bits per heavy atom. The van der Waals surface area contributed by atoms with Gasteiger partial charge in [0.15, 0.2) is 10.8 Å². The molecule has 2 aromatic heterocycles. The minimum atomic E-state index is -0.541. The number of amides is 1. The van der Waals surface area contributed by atoms with Crippen molar-refractivity contribution in [2.45, 2.75) is 18.6 Å². The second kappa shape index (κ2) is 9.96. The maximum Gasteiger partial charge on any atom is 0.275 e. The van der Waals surface area contributed by atoms with Crippen molar-refractivity contribution in [2.75, 3.05) is 5.75 Å². The molecule has 5 aromatic rings. The van der Waals surface area contributed by atoms with E-state index < -0.39 is 5.91 Å². The molecule has 2 N–H and O–H groups in total. The van der Waals surface area contributed by atoms with Gasteiger partial charge in [0.05, 0.1) is 28.7 Å². The molecule has 0 unspecified atom stereocenters. The Hall–Kier alpha value is -3.95. The van der Waals surface area contributed by atoms with Gasteiger partial charge in [0.25, 0.3) is 11.5 Å². The van der Waals surface area contributed by atoms with Crippen molar-refractivity contribution in [1.29, 1.82) is 0 Å². The molecule has 0 bridgehead atoms. The van der Waals surface area contributed by atoms with Crippen molar-refractivity contribution >= 4 is 56.8 Å². The Morgan fingerprint density at radius 2 is 1.92 bits per heavy atom. The number of thioether (sulfide) groups is 1. The molecule has 0 aliphatic heterocycles. The third kappa shape index (κ3) is 4.89. The standard InChI is InChI=1S/C26H20ClN5O3S/c1-15-7-9-21-19(11-15)25(35)32(13-16-5-3-2-4-6-16)26(29-21)36-14-22(33)30-31-23-18-12-17(27)8-10-20(18)28-24(23)34/h2-12,28,34H,13-14H2,1H3. The molecule has 0 aliphatic carbocycles. The van der Waals surface area contributed by atoms with Gasteiger partial charge in [0.2, 0.25) is 5.88 Å². The number of halogens is 1. The lowest BCUT2D eigenvalue weighted by molar-refractivity contribution is -0.115. The molecular weight excluding hydrogens is 498 g/mol. The SMILES string of the molecule is Cc1ccc2nc(SCC(=O)N=Nc3c(O)[nH]c4ccc(Cl)cc34)n(Cc3ccccc3)c(=O)c2c1. The molecule has 0 spiro atoms. The van der Waals surface area contributed by atoms with E-state index >= 15 is 0 Å². The van der Waals surface area contributed by atoms with E-state index in [1.165, 1.54) is 0 Å². The molecule has 10 heteroatoms. The maximum absolute atomic E-state index is 13.4. The fourth-order valence-corrected chi connectivity index (χ4v) is 4.78. The lowest BCUT2D eigenvalue weighted by Crippen LogP contribution is -2.24. The van der Waals surface area contributed by atoms with Crippen LogP contribution >= 0.6 is 23.4 Å². The fourth-order valence-electron chi connectivity index (χ4n) is 3.83. The third-order valence-electron chi connectivity index (χ3n) is 5.56. The summed E-state index contributed by atoms with van der Waals surface area (Å²) < 4.78 is 1.57. The Bertz CT molecular complexity index is 1700. The van der Waals surface area contributed by atoms with E-state index in [0.29, 0.717) is 38.5 Å². The van der Waals surface area contributed by atoms with Crippen molar-refractivity contribution in [3.8, 4) is 5.88 Å². The van der Waals surface area contributed by atoms with Gasteiger partial charge in [-0.25, -0.2) is 4.98 Å². The molecule has 8 nitrogen and oxygen atoms in total. The Labute approximate surface area is 214 Å². The molecule has 3 aromatic carbocycles. The van der Waals surface area contributed by atoms with E-state index in [1.54, 1.807) is 28.8 Å². The van der Waals surface area contributed by atoms with Gasteiger partial charge < -0.3 is 10.1 Å². The zero-order valence-corrected chi connectivity index (χ0v) is 20.7. The summed E-state index contributed by atoms with van der Waals surface area (Å²) in [6.07, 6.45) is 0. The first kappa shape index (κ1) is 23.8. The fraction of sp³-hybridized carbons (Fsp3) is 0.115. The van der Waals surface area contributed by atoms with E-state index in [-0.39, 0.29) is 22.9 Å². The first-order chi connectivity index (χ1) is 17.4. The van der Waals surface area contributed by atoms with Crippen LogP contribution in [-0.2, 0) is 11.3 Å². The lowest BCUT2D eigenvalue weighted by Gasteiger charge is -2.13. The molecule has 2 heterocycles. The van der Waals surface area contributed by atoms with Gasteiger partial charge in [0, 0.05) is 10.4 Å². The van der Waals surface area contributed by atoms with Crippen LogP contribution in [0.1, 0.15) is 11.1 Å². The second-order valence-electron chi connectivity index (χ2n) is 8.19. The number of nitrogens with zero attached hydrogens (tertiary/aromatic N) is 4. The van der Waals surface area contributed by atoms with Crippen LogP contribution in [-0.4, -0.2) is 31.3 Å². The number of carbonyl (C=O) groups excluding carboxylic acids is 1. The number of azo groups is 1. The average Bonchev–Trinajstić information content (AvgIpc) is 3.18. The molecule has 0 fully saturated rings. The van der Waals surface area contributed by atoms with Gasteiger partial charge in [-0.1, -0.05) is 65.3 Å². The molecule has 0 saturated carbocycles. The largest absolute Gasteiger partial charge is 0.493 e. The maximum atomic E-state index is 13.4. The highest BCUT2D eigenvalue weighted by Gasteiger charge is 2.15. The number of aromatic amines is 1. The number of aryl methyl sites for hydroxylation is 1. The number of benzene rings is 3. The summed E-state index contributed by atoms with van der Waals surface area (Å²) in [5, 5.41) is 19.8. The van der Waals surface area contributed by atoms with Crippen LogP contribution in [0.4, 0.5) is 5.69 Å². The third-order valence-corrected chi connectivity index (χ3v) is 6.75. The molecule has 5 rings (SSSR count). The van der Waals surface area contributed by atoms with E-state index in [9.17, 15) is 14.7 Å². The minimum absolute atomic E-state index is 0.0913. The summed E-state index contributed by atoms with van der Waals surface area (Å²) in [5.41, 5.74) is 3.04. The molecule has 0 radical (unpaired) electrons. The number of nitrogens with one attached hydrogen (secondary N) is 1. The Balaban J connectivity index is 1.43. The van der Waals surface area contributed by atoms with Crippen molar-refractivity contribution in [3.63, 3.8) is 0 Å². The molecule has 0 saturated heterocycles. The van der Waals surface area contributed by atoms with Gasteiger partial charge >= 0.3 is 0 Å². The Kier molecular flexibility index (Phi) is 6.58. The van der Waals surface area contributed by atoms with Crippen LogP contribution in [0, 0.1) is 6.92 Å². The second-order valence-corrected chi connectivity index (χ2v) is 9.57. The molecular formula is C26H20ClN5O3S. The minimum Gasteiger partial charge on any atom is -0.493 e. The highest BCUT2D eigenvalue weighted by Crippen LogP contribution is 2.36. The molecule has 0 aliphatic rings. The average molecular weight is 518 g/mol. The van der Waals surface area contributed by atoms with Crippen molar-refractivity contribution in [1.82, 2.24) is 14.5 Å². The van der Waals surface area contributed by atoms with Crippen LogP contribution in [0.25, 0.3) is 21.8 Å². The van der Waals surface area contributed by atoms with Gasteiger partial charge in [-0.3, -0.25) is 14.2 Å².